The number of hydrogen-bond donors (Lipinski definition) is 1. The number of nitrogens with zero attached hydrogens (tertiary/aromatic N) is 1. The molecule has 0 aliphatic heterocycles. The van der Waals surface area contributed by atoms with Crippen LogP contribution in [0.4, 0.5) is 5.69 Å². The number of methoxy groups -OCH3 is 1. The van der Waals surface area contributed by atoms with Crippen molar-refractivity contribution in [2.24, 2.45) is 0 Å². The SMILES string of the molecule is COC(=O)c1ccc(N(CCC(=O)NCc2cccc(C)c2)C(C)=O)cc1. The van der Waals surface area contributed by atoms with Crippen molar-refractivity contribution in [1.82, 2.24) is 5.32 Å². The van der Waals surface area contributed by atoms with Crippen LogP contribution in [0.3, 0.4) is 0 Å². The molecule has 0 aromatic heterocycles. The summed E-state index contributed by atoms with van der Waals surface area (Å²) in [7, 11) is 1.31. The van der Waals surface area contributed by atoms with E-state index in [9.17, 15) is 14.4 Å². The first-order valence-corrected chi connectivity index (χ1v) is 8.69. The number of rotatable bonds is 7. The lowest BCUT2D eigenvalue weighted by Crippen LogP contribution is -2.33. The minimum absolute atomic E-state index is 0.131. The summed E-state index contributed by atoms with van der Waals surface area (Å²) in [5.41, 5.74) is 3.20. The summed E-state index contributed by atoms with van der Waals surface area (Å²) in [4.78, 5) is 37.1. The monoisotopic (exact) mass is 368 g/mol. The van der Waals surface area contributed by atoms with Crippen molar-refractivity contribution < 1.29 is 19.1 Å². The number of esters is 1. The van der Waals surface area contributed by atoms with Crippen molar-refractivity contribution in [3.63, 3.8) is 0 Å². The van der Waals surface area contributed by atoms with E-state index in [1.54, 1.807) is 24.3 Å². The zero-order valence-electron chi connectivity index (χ0n) is 15.8. The Bertz CT molecular complexity index is 815. The van der Waals surface area contributed by atoms with E-state index in [0.29, 0.717) is 17.8 Å². The molecule has 6 nitrogen and oxygen atoms in total. The van der Waals surface area contributed by atoms with Gasteiger partial charge in [0.25, 0.3) is 0 Å². The van der Waals surface area contributed by atoms with Crippen molar-refractivity contribution in [3.05, 3.63) is 65.2 Å². The number of carbonyl (C=O) groups is 3. The van der Waals surface area contributed by atoms with E-state index in [4.69, 9.17) is 0 Å². The second-order valence-electron chi connectivity index (χ2n) is 6.22. The molecule has 0 saturated carbocycles. The molecule has 142 valence electrons. The van der Waals surface area contributed by atoms with Gasteiger partial charge >= 0.3 is 5.97 Å². The maximum atomic E-state index is 12.1. The highest BCUT2D eigenvalue weighted by Crippen LogP contribution is 2.16. The van der Waals surface area contributed by atoms with Crippen molar-refractivity contribution >= 4 is 23.5 Å². The molecule has 27 heavy (non-hydrogen) atoms. The number of nitrogens with one attached hydrogen (secondary N) is 1. The van der Waals surface area contributed by atoms with E-state index in [0.717, 1.165) is 11.1 Å². The molecule has 0 atom stereocenters. The Hall–Kier alpha value is -3.15. The molecule has 2 rings (SSSR count). The molecule has 6 heteroatoms. The summed E-state index contributed by atoms with van der Waals surface area (Å²) in [6.45, 7) is 4.15. The summed E-state index contributed by atoms with van der Waals surface area (Å²) < 4.78 is 4.66. The largest absolute Gasteiger partial charge is 0.465 e. The van der Waals surface area contributed by atoms with Crippen LogP contribution >= 0.6 is 0 Å². The molecule has 1 N–H and O–H groups in total. The number of benzene rings is 2. The minimum atomic E-state index is -0.438. The first-order chi connectivity index (χ1) is 12.9. The predicted molar refractivity (Wildman–Crippen MR) is 103 cm³/mol. The number of carbonyl (C=O) groups excluding carboxylic acids is 3. The van der Waals surface area contributed by atoms with Crippen LogP contribution in [0.5, 0.6) is 0 Å². The highest BCUT2D eigenvalue weighted by atomic mass is 16.5. The molecule has 0 aliphatic carbocycles. The summed E-state index contributed by atoms with van der Waals surface area (Å²) in [5, 5.41) is 2.87. The van der Waals surface area contributed by atoms with E-state index in [1.165, 1.54) is 18.9 Å². The van der Waals surface area contributed by atoms with E-state index < -0.39 is 5.97 Å². The van der Waals surface area contributed by atoms with Crippen LogP contribution in [0.25, 0.3) is 0 Å². The number of anilines is 1. The standard InChI is InChI=1S/C21H24N2O4/c1-15-5-4-6-17(13-15)14-22-20(25)11-12-23(16(2)24)19-9-7-18(8-10-19)21(26)27-3/h4-10,13H,11-12,14H2,1-3H3,(H,22,25). The third-order valence-electron chi connectivity index (χ3n) is 4.11. The van der Waals surface area contributed by atoms with Crippen LogP contribution in [0.2, 0.25) is 0 Å². The average molecular weight is 368 g/mol. The number of aryl methyl sites for hydroxylation is 1. The van der Waals surface area contributed by atoms with Crippen molar-refractivity contribution in [1.29, 1.82) is 0 Å². The normalized spacial score (nSPS) is 10.2. The van der Waals surface area contributed by atoms with Crippen LogP contribution < -0.4 is 10.2 Å². The van der Waals surface area contributed by atoms with E-state index >= 15 is 0 Å². The summed E-state index contributed by atoms with van der Waals surface area (Å²) in [5.74, 6) is -0.743. The molecular formula is C21H24N2O4. The van der Waals surface area contributed by atoms with E-state index in [-0.39, 0.29) is 24.8 Å². The summed E-state index contributed by atoms with van der Waals surface area (Å²) >= 11 is 0. The van der Waals surface area contributed by atoms with Crippen LogP contribution in [0, 0.1) is 6.92 Å². The lowest BCUT2D eigenvalue weighted by atomic mass is 10.1. The Morgan fingerprint density at radius 2 is 1.78 bits per heavy atom. The zero-order valence-corrected chi connectivity index (χ0v) is 15.8. The fourth-order valence-electron chi connectivity index (χ4n) is 2.69. The van der Waals surface area contributed by atoms with Crippen LogP contribution in [0.15, 0.2) is 48.5 Å². The fraction of sp³-hybridized carbons (Fsp3) is 0.286. The molecule has 0 spiro atoms. The molecule has 0 heterocycles. The zero-order chi connectivity index (χ0) is 19.8. The highest BCUT2D eigenvalue weighted by Gasteiger charge is 2.14. The van der Waals surface area contributed by atoms with Gasteiger partial charge in [-0.2, -0.15) is 0 Å². The highest BCUT2D eigenvalue weighted by molar-refractivity contribution is 5.94. The van der Waals surface area contributed by atoms with Crippen LogP contribution in [-0.4, -0.2) is 31.4 Å². The average Bonchev–Trinajstić information content (AvgIpc) is 2.66. The molecular weight excluding hydrogens is 344 g/mol. The summed E-state index contributed by atoms with van der Waals surface area (Å²) in [6.07, 6.45) is 0.185. The van der Waals surface area contributed by atoms with Gasteiger partial charge in [-0.1, -0.05) is 29.8 Å². The Kier molecular flexibility index (Phi) is 7.11. The van der Waals surface area contributed by atoms with Crippen molar-refractivity contribution in [3.8, 4) is 0 Å². The van der Waals surface area contributed by atoms with Crippen LogP contribution in [0.1, 0.15) is 34.8 Å². The van der Waals surface area contributed by atoms with Crippen LogP contribution in [-0.2, 0) is 20.9 Å². The molecule has 0 radical (unpaired) electrons. The Balaban J connectivity index is 1.93. The van der Waals surface area contributed by atoms with Gasteiger partial charge < -0.3 is 15.0 Å². The Morgan fingerprint density at radius 3 is 2.37 bits per heavy atom. The second kappa shape index (κ2) is 9.52. The van der Waals surface area contributed by atoms with Gasteiger partial charge in [0.2, 0.25) is 11.8 Å². The first-order valence-electron chi connectivity index (χ1n) is 8.69. The third-order valence-corrected chi connectivity index (χ3v) is 4.11. The van der Waals surface area contributed by atoms with Gasteiger partial charge in [-0.25, -0.2) is 4.79 Å². The molecule has 0 fully saturated rings. The van der Waals surface area contributed by atoms with Crippen molar-refractivity contribution in [2.75, 3.05) is 18.6 Å². The minimum Gasteiger partial charge on any atom is -0.465 e. The molecule has 0 saturated heterocycles. The molecule has 2 aromatic rings. The maximum Gasteiger partial charge on any atom is 0.337 e. The molecule has 2 amide bonds. The topological polar surface area (TPSA) is 75.7 Å². The molecule has 2 aromatic carbocycles. The number of ether oxygens (including phenoxy) is 1. The molecule has 0 unspecified atom stereocenters. The van der Waals surface area contributed by atoms with Gasteiger partial charge in [-0.15, -0.1) is 0 Å². The van der Waals surface area contributed by atoms with Gasteiger partial charge in [0, 0.05) is 32.1 Å². The predicted octanol–water partition coefficient (Wildman–Crippen LogP) is 2.84. The van der Waals surface area contributed by atoms with Gasteiger partial charge in [-0.05, 0) is 36.8 Å². The van der Waals surface area contributed by atoms with Gasteiger partial charge in [-0.3, -0.25) is 9.59 Å². The van der Waals surface area contributed by atoms with E-state index in [1.807, 2.05) is 31.2 Å². The van der Waals surface area contributed by atoms with Gasteiger partial charge in [0.1, 0.15) is 0 Å². The summed E-state index contributed by atoms with van der Waals surface area (Å²) in [6, 6.07) is 14.4. The lowest BCUT2D eigenvalue weighted by Gasteiger charge is -2.21. The third kappa shape index (κ3) is 5.95. The molecule has 0 bridgehead atoms. The Labute approximate surface area is 159 Å². The molecule has 0 aliphatic rings. The van der Waals surface area contributed by atoms with Gasteiger partial charge in [0.15, 0.2) is 0 Å². The Morgan fingerprint density at radius 1 is 1.07 bits per heavy atom. The van der Waals surface area contributed by atoms with E-state index in [2.05, 4.69) is 10.1 Å². The van der Waals surface area contributed by atoms with Gasteiger partial charge in [0.05, 0.1) is 12.7 Å². The quantitative estimate of drug-likeness (QED) is 0.763. The second-order valence-corrected chi connectivity index (χ2v) is 6.22. The lowest BCUT2D eigenvalue weighted by molar-refractivity contribution is -0.121. The smallest absolute Gasteiger partial charge is 0.337 e. The fourth-order valence-corrected chi connectivity index (χ4v) is 2.69. The first kappa shape index (κ1) is 20.2. The number of amides is 2. The van der Waals surface area contributed by atoms with Crippen molar-refractivity contribution in [2.45, 2.75) is 26.8 Å². The number of hydrogen-bond acceptors (Lipinski definition) is 4. The maximum absolute atomic E-state index is 12.1.